The second-order valence-corrected chi connectivity index (χ2v) is 6.08. The fourth-order valence-electron chi connectivity index (χ4n) is 3.36. The van der Waals surface area contributed by atoms with Crippen LogP contribution in [0.15, 0.2) is 18.2 Å². The molecule has 21 heavy (non-hydrogen) atoms. The molecule has 0 bridgehead atoms. The Morgan fingerprint density at radius 1 is 1.19 bits per heavy atom. The van der Waals surface area contributed by atoms with Gasteiger partial charge < -0.3 is 10.2 Å². The molecule has 1 N–H and O–H groups in total. The van der Waals surface area contributed by atoms with E-state index in [2.05, 4.69) is 5.32 Å². The maximum Gasteiger partial charge on any atom is 0.222 e. The van der Waals surface area contributed by atoms with E-state index in [1.54, 1.807) is 6.07 Å². The molecule has 5 heteroatoms. The number of halogens is 2. The van der Waals surface area contributed by atoms with E-state index in [0.717, 1.165) is 37.8 Å². The van der Waals surface area contributed by atoms with E-state index in [-0.39, 0.29) is 5.91 Å². The lowest BCUT2D eigenvalue weighted by molar-refractivity contribution is -0.130. The van der Waals surface area contributed by atoms with Gasteiger partial charge in [-0.1, -0.05) is 6.07 Å². The van der Waals surface area contributed by atoms with Crippen LogP contribution < -0.4 is 5.32 Å². The zero-order valence-corrected chi connectivity index (χ0v) is 11.9. The molecule has 3 nitrogen and oxygen atoms in total. The Balaban J connectivity index is 1.45. The normalized spacial score (nSPS) is 24.4. The van der Waals surface area contributed by atoms with Crippen LogP contribution >= 0.6 is 0 Å². The number of fused-ring (bicyclic) bond motifs is 1. The second-order valence-electron chi connectivity index (χ2n) is 6.08. The maximum absolute atomic E-state index is 13.1. The van der Waals surface area contributed by atoms with Crippen LogP contribution in [0.4, 0.5) is 8.78 Å². The minimum atomic E-state index is -0.827. The number of hydrogen-bond donors (Lipinski definition) is 1. The summed E-state index contributed by atoms with van der Waals surface area (Å²) in [6.45, 7) is 3.76. The molecule has 0 aromatic heterocycles. The third kappa shape index (κ3) is 3.23. The van der Waals surface area contributed by atoms with Gasteiger partial charge in [0.05, 0.1) is 0 Å². The SMILES string of the molecule is O=C(CCCc1ccc(F)c(F)c1)N1C[C@H]2CNC[C@H]2C1. The minimum Gasteiger partial charge on any atom is -0.342 e. The Bertz CT molecular complexity index is 523. The molecule has 0 radical (unpaired) electrons. The number of aryl methyl sites for hydroxylation is 1. The first-order chi connectivity index (χ1) is 10.1. The van der Waals surface area contributed by atoms with Gasteiger partial charge in [0.25, 0.3) is 0 Å². The van der Waals surface area contributed by atoms with Gasteiger partial charge >= 0.3 is 0 Å². The summed E-state index contributed by atoms with van der Waals surface area (Å²) in [5.41, 5.74) is 0.740. The summed E-state index contributed by atoms with van der Waals surface area (Å²) < 4.78 is 25.9. The van der Waals surface area contributed by atoms with Crippen molar-refractivity contribution in [3.05, 3.63) is 35.4 Å². The zero-order valence-electron chi connectivity index (χ0n) is 11.9. The Hall–Kier alpha value is -1.49. The maximum atomic E-state index is 13.1. The molecule has 1 aromatic rings. The highest BCUT2D eigenvalue weighted by atomic mass is 19.2. The van der Waals surface area contributed by atoms with E-state index < -0.39 is 11.6 Å². The van der Waals surface area contributed by atoms with E-state index in [4.69, 9.17) is 0 Å². The first-order valence-electron chi connectivity index (χ1n) is 7.56. The third-order valence-corrected chi connectivity index (χ3v) is 4.58. The zero-order chi connectivity index (χ0) is 14.8. The smallest absolute Gasteiger partial charge is 0.222 e. The molecule has 2 aliphatic rings. The number of hydrogen-bond acceptors (Lipinski definition) is 2. The van der Waals surface area contributed by atoms with Crippen molar-refractivity contribution in [1.29, 1.82) is 0 Å². The van der Waals surface area contributed by atoms with Crippen molar-refractivity contribution in [1.82, 2.24) is 10.2 Å². The Morgan fingerprint density at radius 2 is 1.90 bits per heavy atom. The van der Waals surface area contributed by atoms with Crippen molar-refractivity contribution >= 4 is 5.91 Å². The fraction of sp³-hybridized carbons (Fsp3) is 0.562. The second kappa shape index (κ2) is 6.10. The molecular formula is C16H20F2N2O. The third-order valence-electron chi connectivity index (χ3n) is 4.58. The van der Waals surface area contributed by atoms with Crippen LogP contribution in [0.2, 0.25) is 0 Å². The fourth-order valence-corrected chi connectivity index (χ4v) is 3.36. The van der Waals surface area contributed by atoms with E-state index in [9.17, 15) is 13.6 Å². The lowest BCUT2D eigenvalue weighted by atomic mass is 10.0. The van der Waals surface area contributed by atoms with Crippen LogP contribution in [0, 0.1) is 23.5 Å². The van der Waals surface area contributed by atoms with Gasteiger partial charge in [-0.05, 0) is 42.4 Å². The van der Waals surface area contributed by atoms with E-state index >= 15 is 0 Å². The molecule has 0 saturated carbocycles. The Kier molecular flexibility index (Phi) is 4.19. The average molecular weight is 294 g/mol. The van der Waals surface area contributed by atoms with Crippen LogP contribution in [-0.2, 0) is 11.2 Å². The van der Waals surface area contributed by atoms with Gasteiger partial charge in [0.15, 0.2) is 11.6 Å². The molecule has 2 aliphatic heterocycles. The van der Waals surface area contributed by atoms with Crippen LogP contribution in [0.25, 0.3) is 0 Å². The summed E-state index contributed by atoms with van der Waals surface area (Å²) >= 11 is 0. The van der Waals surface area contributed by atoms with Gasteiger partial charge in [-0.3, -0.25) is 4.79 Å². The molecule has 0 unspecified atom stereocenters. The molecule has 114 valence electrons. The van der Waals surface area contributed by atoms with E-state index in [1.165, 1.54) is 6.07 Å². The number of carbonyl (C=O) groups excluding carboxylic acids is 1. The van der Waals surface area contributed by atoms with Gasteiger partial charge in [-0.25, -0.2) is 8.78 Å². The number of amides is 1. The van der Waals surface area contributed by atoms with Crippen LogP contribution in [0.1, 0.15) is 18.4 Å². The van der Waals surface area contributed by atoms with Crippen molar-refractivity contribution < 1.29 is 13.6 Å². The Labute approximate surface area is 123 Å². The molecule has 2 fully saturated rings. The van der Waals surface area contributed by atoms with Crippen molar-refractivity contribution in [2.24, 2.45) is 11.8 Å². The molecule has 0 spiro atoms. The van der Waals surface area contributed by atoms with E-state index in [0.29, 0.717) is 31.1 Å². The topological polar surface area (TPSA) is 32.3 Å². The predicted octanol–water partition coefficient (Wildman–Crippen LogP) is 1.97. The van der Waals surface area contributed by atoms with Gasteiger partial charge in [0.1, 0.15) is 0 Å². The summed E-state index contributed by atoms with van der Waals surface area (Å²) in [5.74, 6) is -0.238. The molecule has 0 aliphatic carbocycles. The molecule has 2 heterocycles. The monoisotopic (exact) mass is 294 g/mol. The number of nitrogens with zero attached hydrogens (tertiary/aromatic N) is 1. The lowest BCUT2D eigenvalue weighted by Gasteiger charge is -2.17. The first kappa shape index (κ1) is 14.4. The predicted molar refractivity (Wildman–Crippen MR) is 75.7 cm³/mol. The molecule has 1 amide bonds. The van der Waals surface area contributed by atoms with Gasteiger partial charge in [-0.2, -0.15) is 0 Å². The summed E-state index contributed by atoms with van der Waals surface area (Å²) in [4.78, 5) is 14.1. The largest absolute Gasteiger partial charge is 0.342 e. The highest BCUT2D eigenvalue weighted by Crippen LogP contribution is 2.26. The number of rotatable bonds is 4. The summed E-state index contributed by atoms with van der Waals surface area (Å²) in [6.07, 6.45) is 1.76. The minimum absolute atomic E-state index is 0.187. The van der Waals surface area contributed by atoms with Gasteiger partial charge in [-0.15, -0.1) is 0 Å². The Morgan fingerprint density at radius 3 is 2.57 bits per heavy atom. The summed E-state index contributed by atoms with van der Waals surface area (Å²) in [5, 5.41) is 3.35. The molecule has 1 aromatic carbocycles. The first-order valence-corrected chi connectivity index (χ1v) is 7.56. The molecule has 2 saturated heterocycles. The number of benzene rings is 1. The number of nitrogens with one attached hydrogen (secondary N) is 1. The average Bonchev–Trinajstić information content (AvgIpc) is 3.03. The van der Waals surface area contributed by atoms with Gasteiger partial charge in [0.2, 0.25) is 5.91 Å². The summed E-state index contributed by atoms with van der Waals surface area (Å²) in [7, 11) is 0. The van der Waals surface area contributed by atoms with Crippen molar-refractivity contribution in [2.45, 2.75) is 19.3 Å². The molecule has 3 rings (SSSR count). The van der Waals surface area contributed by atoms with Crippen LogP contribution in [0.5, 0.6) is 0 Å². The highest BCUT2D eigenvalue weighted by molar-refractivity contribution is 5.76. The quantitative estimate of drug-likeness (QED) is 0.921. The number of carbonyl (C=O) groups is 1. The number of likely N-dealkylation sites (tertiary alicyclic amines) is 1. The summed E-state index contributed by atoms with van der Waals surface area (Å²) in [6, 6.07) is 3.93. The standard InChI is InChI=1S/C16H20F2N2O/c17-14-5-4-11(6-15(14)18)2-1-3-16(21)20-9-12-7-19-8-13(12)10-20/h4-6,12-13,19H,1-3,7-10H2/t12-,13+. The molecular weight excluding hydrogens is 274 g/mol. The van der Waals surface area contributed by atoms with Crippen LogP contribution in [0.3, 0.4) is 0 Å². The lowest BCUT2D eigenvalue weighted by Crippen LogP contribution is -2.31. The molecule has 2 atom stereocenters. The van der Waals surface area contributed by atoms with Crippen LogP contribution in [-0.4, -0.2) is 37.0 Å². The highest BCUT2D eigenvalue weighted by Gasteiger charge is 2.37. The van der Waals surface area contributed by atoms with Crippen molar-refractivity contribution in [3.63, 3.8) is 0 Å². The van der Waals surface area contributed by atoms with E-state index in [1.807, 2.05) is 4.90 Å². The van der Waals surface area contributed by atoms with Gasteiger partial charge in [0, 0.05) is 32.6 Å². The van der Waals surface area contributed by atoms with Crippen molar-refractivity contribution in [2.75, 3.05) is 26.2 Å². The van der Waals surface area contributed by atoms with Crippen molar-refractivity contribution in [3.8, 4) is 0 Å².